The second kappa shape index (κ2) is 10.6. The molecule has 1 heterocycles. The number of hydrogen-bond acceptors (Lipinski definition) is 4. The molecule has 1 unspecified atom stereocenters. The number of aliphatic hydroxyl groups excluding tert-OH is 1. The molecule has 0 aliphatic rings. The molecule has 194 valence electrons. The van der Waals surface area contributed by atoms with Crippen molar-refractivity contribution in [1.82, 2.24) is 4.98 Å². The first-order chi connectivity index (χ1) is 16.7. The number of pyridine rings is 1. The number of alkyl halides is 8. The summed E-state index contributed by atoms with van der Waals surface area (Å²) in [7, 11) is 0. The highest BCUT2D eigenvalue weighted by Crippen LogP contribution is 2.33. The van der Waals surface area contributed by atoms with Crippen LogP contribution in [0.2, 0.25) is 0 Å². The zero-order valence-electron chi connectivity index (χ0n) is 18.0. The van der Waals surface area contributed by atoms with Crippen molar-refractivity contribution in [3.05, 3.63) is 83.4 Å². The summed E-state index contributed by atoms with van der Waals surface area (Å²) in [6, 6.07) is 8.78. The molecule has 0 bridgehead atoms. The topological polar surface area (TPSA) is 45.6 Å². The van der Waals surface area contributed by atoms with Gasteiger partial charge in [0, 0.05) is 36.1 Å². The van der Waals surface area contributed by atoms with Crippen LogP contribution >= 0.6 is 0 Å². The van der Waals surface area contributed by atoms with Gasteiger partial charge in [-0.15, -0.1) is 0 Å². The van der Waals surface area contributed by atoms with E-state index < -0.39 is 60.6 Å². The van der Waals surface area contributed by atoms with Crippen LogP contribution in [0.3, 0.4) is 0 Å². The lowest BCUT2D eigenvalue weighted by molar-refractivity contribution is -0.200. The Labute approximate surface area is 198 Å². The van der Waals surface area contributed by atoms with Gasteiger partial charge >= 0.3 is 12.4 Å². The number of nitrogens with zero attached hydrogens (tertiary/aromatic N) is 2. The minimum atomic E-state index is -5.07. The van der Waals surface area contributed by atoms with Crippen molar-refractivity contribution in [1.29, 1.82) is 0 Å². The first-order valence-corrected chi connectivity index (χ1v) is 10.1. The molecule has 36 heavy (non-hydrogen) atoms. The monoisotopic (exact) mass is 524 g/mol. The zero-order valence-corrected chi connectivity index (χ0v) is 18.0. The Morgan fingerprint density at radius 1 is 0.917 bits per heavy atom. The molecule has 0 radical (unpaired) electrons. The fourth-order valence-corrected chi connectivity index (χ4v) is 3.14. The molecule has 0 aliphatic carbocycles. The van der Waals surface area contributed by atoms with E-state index in [-0.39, 0.29) is 17.2 Å². The van der Waals surface area contributed by atoms with E-state index in [1.54, 1.807) is 0 Å². The predicted octanol–water partition coefficient (Wildman–Crippen LogP) is 6.90. The maximum absolute atomic E-state index is 14.3. The zero-order chi connectivity index (χ0) is 26.7. The largest absolute Gasteiger partial charge is 0.457 e. The number of benzene rings is 2. The van der Waals surface area contributed by atoms with Gasteiger partial charge in [-0.05, 0) is 36.4 Å². The van der Waals surface area contributed by atoms with Gasteiger partial charge in [-0.1, -0.05) is 6.07 Å². The Kier molecular flexibility index (Phi) is 8.02. The lowest BCUT2D eigenvalue weighted by Gasteiger charge is -2.29. The molecule has 1 N–H and O–H groups in total. The van der Waals surface area contributed by atoms with Crippen LogP contribution in [0.15, 0.2) is 60.8 Å². The van der Waals surface area contributed by atoms with Crippen LogP contribution < -0.4 is 9.64 Å². The van der Waals surface area contributed by atoms with Crippen molar-refractivity contribution in [2.45, 2.75) is 31.4 Å². The van der Waals surface area contributed by atoms with E-state index in [1.807, 2.05) is 0 Å². The molecule has 0 fully saturated rings. The first-order valence-electron chi connectivity index (χ1n) is 10.1. The van der Waals surface area contributed by atoms with Gasteiger partial charge in [0.05, 0.1) is 12.1 Å². The number of hydrogen-bond donors (Lipinski definition) is 1. The molecule has 0 aliphatic heterocycles. The van der Waals surface area contributed by atoms with Gasteiger partial charge in [0.2, 0.25) is 0 Å². The molecule has 3 rings (SSSR count). The van der Waals surface area contributed by atoms with E-state index in [9.17, 15) is 44.6 Å². The van der Waals surface area contributed by atoms with Crippen LogP contribution in [0.5, 0.6) is 11.5 Å². The van der Waals surface area contributed by atoms with E-state index in [4.69, 9.17) is 4.74 Å². The number of aliphatic hydroxyl groups is 1. The van der Waals surface area contributed by atoms with Gasteiger partial charge in [-0.25, -0.2) is 13.2 Å². The maximum atomic E-state index is 14.3. The second-order valence-corrected chi connectivity index (χ2v) is 7.56. The molecule has 13 heteroatoms. The van der Waals surface area contributed by atoms with Crippen LogP contribution in [-0.4, -0.2) is 28.9 Å². The highest BCUT2D eigenvalue weighted by molar-refractivity contribution is 5.52. The summed E-state index contributed by atoms with van der Waals surface area (Å²) in [5.74, 6) is -1.20. The van der Waals surface area contributed by atoms with E-state index in [1.165, 1.54) is 24.3 Å². The summed E-state index contributed by atoms with van der Waals surface area (Å²) >= 11 is 0. The Morgan fingerprint density at radius 3 is 2.25 bits per heavy atom. The number of halogens is 9. The van der Waals surface area contributed by atoms with Gasteiger partial charge in [0.25, 0.3) is 6.43 Å². The van der Waals surface area contributed by atoms with Crippen LogP contribution in [0.1, 0.15) is 23.2 Å². The molecule has 0 amide bonds. The molecular weight excluding hydrogens is 507 g/mol. The SMILES string of the molecule is OC(CN(Cc1cc(C(F)(F)F)ccc1F)c1cccc(Oc2ccnc(C(F)F)c2)c1)C(F)(F)F. The Bertz CT molecular complexity index is 1180. The Hall–Kier alpha value is -3.48. The van der Waals surface area contributed by atoms with Crippen molar-refractivity contribution >= 4 is 5.69 Å². The van der Waals surface area contributed by atoms with Crippen LogP contribution in [0.25, 0.3) is 0 Å². The van der Waals surface area contributed by atoms with Gasteiger partial charge in [-0.3, -0.25) is 4.98 Å². The lowest BCUT2D eigenvalue weighted by Crippen LogP contribution is -2.41. The molecule has 0 saturated carbocycles. The fourth-order valence-electron chi connectivity index (χ4n) is 3.14. The second-order valence-electron chi connectivity index (χ2n) is 7.56. The van der Waals surface area contributed by atoms with Gasteiger partial charge in [-0.2, -0.15) is 26.3 Å². The van der Waals surface area contributed by atoms with Crippen LogP contribution in [0, 0.1) is 5.82 Å². The highest BCUT2D eigenvalue weighted by Gasteiger charge is 2.39. The summed E-state index contributed by atoms with van der Waals surface area (Å²) in [6.07, 6.45) is -14.6. The Balaban J connectivity index is 1.95. The average molecular weight is 524 g/mol. The van der Waals surface area contributed by atoms with Crippen molar-refractivity contribution in [2.24, 2.45) is 0 Å². The predicted molar refractivity (Wildman–Crippen MR) is 110 cm³/mol. The normalized spacial score (nSPS) is 13.1. The van der Waals surface area contributed by atoms with E-state index in [0.717, 1.165) is 23.2 Å². The van der Waals surface area contributed by atoms with Crippen molar-refractivity contribution in [3.8, 4) is 11.5 Å². The third kappa shape index (κ3) is 7.03. The Morgan fingerprint density at radius 2 is 1.61 bits per heavy atom. The first kappa shape index (κ1) is 27.1. The molecule has 2 aromatic carbocycles. The molecular formula is C23H17F9N2O2. The van der Waals surface area contributed by atoms with Gasteiger partial charge in [0.1, 0.15) is 23.0 Å². The number of aromatic nitrogens is 1. The quantitative estimate of drug-likeness (QED) is 0.326. The molecule has 1 aromatic heterocycles. The molecule has 3 aromatic rings. The summed E-state index contributed by atoms with van der Waals surface area (Å²) < 4.78 is 124. The summed E-state index contributed by atoms with van der Waals surface area (Å²) in [5.41, 5.74) is -2.43. The summed E-state index contributed by atoms with van der Waals surface area (Å²) in [6.45, 7) is -1.91. The maximum Gasteiger partial charge on any atom is 0.416 e. The smallest absolute Gasteiger partial charge is 0.416 e. The summed E-state index contributed by atoms with van der Waals surface area (Å²) in [5, 5.41) is 9.59. The molecule has 4 nitrogen and oxygen atoms in total. The summed E-state index contributed by atoms with van der Waals surface area (Å²) in [4.78, 5) is 4.29. The molecule has 1 atom stereocenters. The van der Waals surface area contributed by atoms with Crippen molar-refractivity contribution < 1.29 is 49.4 Å². The molecule has 0 saturated heterocycles. The van der Waals surface area contributed by atoms with E-state index >= 15 is 0 Å². The third-order valence-corrected chi connectivity index (χ3v) is 4.90. The average Bonchev–Trinajstić information content (AvgIpc) is 2.79. The third-order valence-electron chi connectivity index (χ3n) is 4.90. The van der Waals surface area contributed by atoms with Crippen molar-refractivity contribution in [2.75, 3.05) is 11.4 Å². The van der Waals surface area contributed by atoms with Gasteiger partial charge < -0.3 is 14.7 Å². The fraction of sp³-hybridized carbons (Fsp3) is 0.261. The van der Waals surface area contributed by atoms with Gasteiger partial charge in [0.15, 0.2) is 6.10 Å². The lowest BCUT2D eigenvalue weighted by atomic mass is 10.1. The standard InChI is InChI=1S/C23H17F9N2O2/c24-18-5-4-14(22(27,28)29)8-13(18)11-34(12-20(35)23(30,31)32)15-2-1-3-16(9-15)36-17-6-7-33-19(10-17)21(25)26/h1-10,20-21,35H,11-12H2. The van der Waals surface area contributed by atoms with E-state index in [0.29, 0.717) is 18.2 Å². The highest BCUT2D eigenvalue weighted by atomic mass is 19.4. The minimum Gasteiger partial charge on any atom is -0.457 e. The number of rotatable bonds is 8. The number of anilines is 1. The molecule has 0 spiro atoms. The number of ether oxygens (including phenoxy) is 1. The van der Waals surface area contributed by atoms with Crippen LogP contribution in [-0.2, 0) is 12.7 Å². The van der Waals surface area contributed by atoms with Crippen molar-refractivity contribution in [3.63, 3.8) is 0 Å². The minimum absolute atomic E-state index is 0.0325. The van der Waals surface area contributed by atoms with E-state index in [2.05, 4.69) is 4.98 Å². The van der Waals surface area contributed by atoms with Crippen LogP contribution in [0.4, 0.5) is 45.2 Å².